The van der Waals surface area contributed by atoms with E-state index in [-0.39, 0.29) is 12.0 Å². The van der Waals surface area contributed by atoms with Crippen LogP contribution < -0.4 is 0 Å². The molecular weight excluding hydrogens is 230 g/mol. The standard InChI is InChI=1S/C14H23NO3/c1-10(13(16)18-14(3,4)5)15(6)9-12-7-8-17-11(12)2/h7-8,10H,9H2,1-6H3. The molecule has 0 spiro atoms. The number of carbonyl (C=O) groups excluding carboxylic acids is 1. The molecule has 1 atom stereocenters. The van der Waals surface area contributed by atoms with Crippen LogP contribution >= 0.6 is 0 Å². The van der Waals surface area contributed by atoms with Gasteiger partial charge in [-0.05, 0) is 47.7 Å². The Labute approximate surface area is 109 Å². The van der Waals surface area contributed by atoms with E-state index in [1.54, 1.807) is 6.26 Å². The van der Waals surface area contributed by atoms with E-state index in [0.717, 1.165) is 11.3 Å². The number of carbonyl (C=O) groups is 1. The summed E-state index contributed by atoms with van der Waals surface area (Å²) in [6.07, 6.45) is 1.66. The van der Waals surface area contributed by atoms with Crippen LogP contribution in [0.3, 0.4) is 0 Å². The monoisotopic (exact) mass is 253 g/mol. The van der Waals surface area contributed by atoms with Gasteiger partial charge in [0.25, 0.3) is 0 Å². The minimum absolute atomic E-state index is 0.203. The van der Waals surface area contributed by atoms with Gasteiger partial charge in [0, 0.05) is 12.1 Å². The fourth-order valence-electron chi connectivity index (χ4n) is 1.55. The number of aryl methyl sites for hydroxylation is 1. The Morgan fingerprint density at radius 2 is 2.11 bits per heavy atom. The van der Waals surface area contributed by atoms with Crippen LogP contribution in [-0.4, -0.2) is 29.6 Å². The van der Waals surface area contributed by atoms with Crippen LogP contribution in [0, 0.1) is 6.92 Å². The van der Waals surface area contributed by atoms with E-state index in [1.807, 2.05) is 52.6 Å². The maximum Gasteiger partial charge on any atom is 0.323 e. The van der Waals surface area contributed by atoms with E-state index in [2.05, 4.69) is 0 Å². The van der Waals surface area contributed by atoms with Crippen molar-refractivity contribution in [3.05, 3.63) is 23.7 Å². The molecule has 1 aromatic heterocycles. The summed E-state index contributed by atoms with van der Waals surface area (Å²) < 4.78 is 10.6. The predicted octanol–water partition coefficient (Wildman–Crippen LogP) is 2.75. The van der Waals surface area contributed by atoms with Gasteiger partial charge in [-0.3, -0.25) is 9.69 Å². The highest BCUT2D eigenvalue weighted by Crippen LogP contribution is 2.15. The highest BCUT2D eigenvalue weighted by molar-refractivity contribution is 5.75. The fourth-order valence-corrected chi connectivity index (χ4v) is 1.55. The van der Waals surface area contributed by atoms with Gasteiger partial charge in [0.2, 0.25) is 0 Å². The maximum absolute atomic E-state index is 11.9. The molecule has 0 amide bonds. The van der Waals surface area contributed by atoms with E-state index in [0.29, 0.717) is 6.54 Å². The van der Waals surface area contributed by atoms with Gasteiger partial charge in [-0.2, -0.15) is 0 Å². The zero-order valence-corrected chi connectivity index (χ0v) is 12.1. The second kappa shape index (κ2) is 5.57. The number of likely N-dealkylation sites (N-methyl/N-ethyl adjacent to an activating group) is 1. The molecule has 1 aromatic rings. The molecule has 18 heavy (non-hydrogen) atoms. The summed E-state index contributed by atoms with van der Waals surface area (Å²) in [5, 5.41) is 0. The number of furan rings is 1. The quantitative estimate of drug-likeness (QED) is 0.774. The van der Waals surface area contributed by atoms with E-state index in [4.69, 9.17) is 9.15 Å². The Morgan fingerprint density at radius 3 is 2.56 bits per heavy atom. The number of hydrogen-bond donors (Lipinski definition) is 0. The lowest BCUT2D eigenvalue weighted by molar-refractivity contribution is -0.160. The molecule has 0 aliphatic rings. The van der Waals surface area contributed by atoms with Crippen molar-refractivity contribution in [2.24, 2.45) is 0 Å². The summed E-state index contributed by atoms with van der Waals surface area (Å²) >= 11 is 0. The molecule has 0 N–H and O–H groups in total. The molecule has 0 saturated heterocycles. The van der Waals surface area contributed by atoms with Crippen LogP contribution in [0.4, 0.5) is 0 Å². The highest BCUT2D eigenvalue weighted by atomic mass is 16.6. The summed E-state index contributed by atoms with van der Waals surface area (Å²) in [5.41, 5.74) is 0.644. The SMILES string of the molecule is Cc1occc1CN(C)C(C)C(=O)OC(C)(C)C. The molecule has 0 aliphatic heterocycles. The average Bonchev–Trinajstić information content (AvgIpc) is 2.60. The third kappa shape index (κ3) is 4.18. The molecule has 1 unspecified atom stereocenters. The van der Waals surface area contributed by atoms with Gasteiger partial charge in [-0.15, -0.1) is 0 Å². The molecule has 4 heteroatoms. The molecule has 0 saturated carbocycles. The number of rotatable bonds is 4. The second-order valence-electron chi connectivity index (χ2n) is 5.63. The first-order valence-corrected chi connectivity index (χ1v) is 6.17. The molecule has 0 fully saturated rings. The molecule has 1 heterocycles. The predicted molar refractivity (Wildman–Crippen MR) is 70.2 cm³/mol. The van der Waals surface area contributed by atoms with Crippen molar-refractivity contribution in [3.63, 3.8) is 0 Å². The molecule has 0 radical (unpaired) electrons. The zero-order chi connectivity index (χ0) is 13.9. The van der Waals surface area contributed by atoms with Gasteiger partial charge in [0.15, 0.2) is 0 Å². The topological polar surface area (TPSA) is 42.7 Å². The van der Waals surface area contributed by atoms with E-state index in [1.165, 1.54) is 0 Å². The van der Waals surface area contributed by atoms with Gasteiger partial charge in [-0.1, -0.05) is 0 Å². The lowest BCUT2D eigenvalue weighted by Gasteiger charge is -2.27. The summed E-state index contributed by atoms with van der Waals surface area (Å²) in [7, 11) is 1.90. The Morgan fingerprint density at radius 1 is 1.50 bits per heavy atom. The average molecular weight is 253 g/mol. The third-order valence-corrected chi connectivity index (χ3v) is 2.80. The van der Waals surface area contributed by atoms with Crippen molar-refractivity contribution >= 4 is 5.97 Å². The smallest absolute Gasteiger partial charge is 0.323 e. The fraction of sp³-hybridized carbons (Fsp3) is 0.643. The lowest BCUT2D eigenvalue weighted by Crippen LogP contribution is -2.40. The Bertz CT molecular complexity index is 403. The summed E-state index contributed by atoms with van der Waals surface area (Å²) in [4.78, 5) is 13.9. The molecule has 0 aromatic carbocycles. The van der Waals surface area contributed by atoms with Crippen LogP contribution in [0.25, 0.3) is 0 Å². The minimum Gasteiger partial charge on any atom is -0.469 e. The number of ether oxygens (including phenoxy) is 1. The minimum atomic E-state index is -0.447. The maximum atomic E-state index is 11.9. The van der Waals surface area contributed by atoms with Crippen LogP contribution in [-0.2, 0) is 16.1 Å². The second-order valence-corrected chi connectivity index (χ2v) is 5.63. The normalized spacial score (nSPS) is 13.7. The summed E-state index contributed by atoms with van der Waals surface area (Å²) in [6, 6.07) is 1.65. The van der Waals surface area contributed by atoms with E-state index >= 15 is 0 Å². The molecule has 4 nitrogen and oxygen atoms in total. The van der Waals surface area contributed by atoms with Gasteiger partial charge < -0.3 is 9.15 Å². The van der Waals surface area contributed by atoms with Crippen LogP contribution in [0.1, 0.15) is 39.0 Å². The summed E-state index contributed by atoms with van der Waals surface area (Å²) in [5.74, 6) is 0.685. The van der Waals surface area contributed by atoms with Crippen molar-refractivity contribution < 1.29 is 13.9 Å². The molecular formula is C14H23NO3. The number of hydrogen-bond acceptors (Lipinski definition) is 4. The third-order valence-electron chi connectivity index (χ3n) is 2.80. The first-order valence-electron chi connectivity index (χ1n) is 6.17. The first kappa shape index (κ1) is 14.8. The highest BCUT2D eigenvalue weighted by Gasteiger charge is 2.25. The van der Waals surface area contributed by atoms with Crippen LogP contribution in [0.2, 0.25) is 0 Å². The molecule has 102 valence electrons. The van der Waals surface area contributed by atoms with Gasteiger partial charge in [0.05, 0.1) is 6.26 Å². The molecule has 0 aliphatic carbocycles. The molecule has 1 rings (SSSR count). The van der Waals surface area contributed by atoms with Crippen molar-refractivity contribution in [1.29, 1.82) is 0 Å². The Balaban J connectivity index is 2.59. The van der Waals surface area contributed by atoms with E-state index in [9.17, 15) is 4.79 Å². The Kier molecular flexibility index (Phi) is 4.57. The lowest BCUT2D eigenvalue weighted by atomic mass is 10.2. The Hall–Kier alpha value is -1.29. The van der Waals surface area contributed by atoms with Gasteiger partial charge in [-0.25, -0.2) is 0 Å². The number of esters is 1. The van der Waals surface area contributed by atoms with Crippen molar-refractivity contribution in [3.8, 4) is 0 Å². The largest absolute Gasteiger partial charge is 0.469 e. The first-order chi connectivity index (χ1) is 8.20. The van der Waals surface area contributed by atoms with E-state index < -0.39 is 5.60 Å². The number of nitrogens with zero attached hydrogens (tertiary/aromatic N) is 1. The van der Waals surface area contributed by atoms with Crippen LogP contribution in [0.15, 0.2) is 16.7 Å². The molecule has 0 bridgehead atoms. The van der Waals surface area contributed by atoms with Crippen molar-refractivity contribution in [1.82, 2.24) is 4.90 Å². The van der Waals surface area contributed by atoms with Crippen molar-refractivity contribution in [2.75, 3.05) is 7.05 Å². The van der Waals surface area contributed by atoms with Gasteiger partial charge in [0.1, 0.15) is 17.4 Å². The summed E-state index contributed by atoms with van der Waals surface area (Å²) in [6.45, 7) is 10.1. The van der Waals surface area contributed by atoms with Crippen LogP contribution in [0.5, 0.6) is 0 Å². The van der Waals surface area contributed by atoms with Crippen molar-refractivity contribution in [2.45, 2.75) is 52.8 Å². The van der Waals surface area contributed by atoms with Gasteiger partial charge >= 0.3 is 5.97 Å². The zero-order valence-electron chi connectivity index (χ0n) is 12.1.